The minimum atomic E-state index is -0.717. The third-order valence-electron chi connectivity index (χ3n) is 7.09. The predicted octanol–water partition coefficient (Wildman–Crippen LogP) is 7.54. The summed E-state index contributed by atoms with van der Waals surface area (Å²) in [5, 5.41) is 5.84. The number of ether oxygens (including phenoxy) is 2. The average Bonchev–Trinajstić information content (AvgIpc) is 3.41. The van der Waals surface area contributed by atoms with Crippen LogP contribution in [0, 0.1) is 0 Å². The van der Waals surface area contributed by atoms with Gasteiger partial charge < -0.3 is 9.47 Å². The van der Waals surface area contributed by atoms with Crippen LogP contribution in [0.5, 0.6) is 0 Å². The van der Waals surface area contributed by atoms with Crippen LogP contribution >= 0.6 is 11.6 Å². The van der Waals surface area contributed by atoms with Crippen LogP contribution in [-0.2, 0) is 22.3 Å². The van der Waals surface area contributed by atoms with Crippen LogP contribution in [0.4, 0.5) is 15.4 Å². The smallest absolute Gasteiger partial charge is 0.419 e. The molecule has 218 valence electrons. The summed E-state index contributed by atoms with van der Waals surface area (Å²) < 4.78 is 15.1. The molecular formula is C31H38ClN5O4. The van der Waals surface area contributed by atoms with Gasteiger partial charge in [-0.1, -0.05) is 43.6 Å². The fraction of sp³-hybridized carbons (Fsp3) is 0.484. The second-order valence-corrected chi connectivity index (χ2v) is 13.3. The number of amides is 1. The predicted molar refractivity (Wildman–Crippen MR) is 160 cm³/mol. The van der Waals surface area contributed by atoms with Gasteiger partial charge in [-0.3, -0.25) is 4.90 Å². The molecule has 0 N–H and O–H groups in total. The van der Waals surface area contributed by atoms with E-state index < -0.39 is 23.4 Å². The molecule has 1 atom stereocenters. The molecule has 5 rings (SSSR count). The van der Waals surface area contributed by atoms with Gasteiger partial charge in [-0.2, -0.15) is 9.61 Å². The molecule has 41 heavy (non-hydrogen) atoms. The molecule has 0 fully saturated rings. The fourth-order valence-corrected chi connectivity index (χ4v) is 5.66. The lowest BCUT2D eigenvalue weighted by atomic mass is 9.90. The summed E-state index contributed by atoms with van der Waals surface area (Å²) >= 11 is 6.54. The van der Waals surface area contributed by atoms with Crippen LogP contribution < -0.4 is 4.90 Å². The summed E-state index contributed by atoms with van der Waals surface area (Å²) in [6.45, 7) is 15.2. The monoisotopic (exact) mass is 579 g/mol. The summed E-state index contributed by atoms with van der Waals surface area (Å²) in [5.41, 5.74) is 2.89. The van der Waals surface area contributed by atoms with E-state index in [-0.39, 0.29) is 17.1 Å². The zero-order chi connectivity index (χ0) is 29.9. The minimum Gasteiger partial charge on any atom is -0.443 e. The minimum absolute atomic E-state index is 0.164. The SMILES string of the molecule is CC(C)c1cnn2c(N(C(=O)OC(C)(C)C)[C@@H]3CCc4c(c5ccccc5n4C(=O)OC(C)(C)C)C3)cc(Cl)nc12. The van der Waals surface area contributed by atoms with Gasteiger partial charge in [-0.15, -0.1) is 0 Å². The van der Waals surface area contributed by atoms with Crippen molar-refractivity contribution in [2.75, 3.05) is 4.90 Å². The summed E-state index contributed by atoms with van der Waals surface area (Å²) in [4.78, 5) is 33.5. The number of aromatic nitrogens is 4. The highest BCUT2D eigenvalue weighted by atomic mass is 35.5. The number of carbonyl (C=O) groups excluding carboxylic acids is 2. The molecule has 9 nitrogen and oxygen atoms in total. The van der Waals surface area contributed by atoms with Crippen LogP contribution in [0.2, 0.25) is 5.15 Å². The van der Waals surface area contributed by atoms with Gasteiger partial charge in [0.2, 0.25) is 0 Å². The van der Waals surface area contributed by atoms with Crippen molar-refractivity contribution in [2.45, 2.75) is 97.8 Å². The Bertz CT molecular complexity index is 1640. The lowest BCUT2D eigenvalue weighted by Gasteiger charge is -2.35. The molecule has 0 aliphatic heterocycles. The molecule has 0 bridgehead atoms. The van der Waals surface area contributed by atoms with Crippen LogP contribution in [-0.4, -0.2) is 48.6 Å². The van der Waals surface area contributed by atoms with E-state index in [9.17, 15) is 9.59 Å². The maximum atomic E-state index is 13.9. The van der Waals surface area contributed by atoms with Crippen molar-refractivity contribution in [3.63, 3.8) is 0 Å². The number of carbonyl (C=O) groups is 2. The maximum absolute atomic E-state index is 13.9. The van der Waals surface area contributed by atoms with Gasteiger partial charge in [-0.05, 0) is 78.4 Å². The molecule has 10 heteroatoms. The normalized spacial score (nSPS) is 15.8. The summed E-state index contributed by atoms with van der Waals surface area (Å²) in [6, 6.07) is 9.19. The van der Waals surface area contributed by atoms with Crippen molar-refractivity contribution in [1.82, 2.24) is 19.2 Å². The van der Waals surface area contributed by atoms with Crippen molar-refractivity contribution in [3.8, 4) is 0 Å². The van der Waals surface area contributed by atoms with Gasteiger partial charge in [0.05, 0.1) is 11.7 Å². The van der Waals surface area contributed by atoms with Crippen LogP contribution in [0.25, 0.3) is 16.6 Å². The summed E-state index contributed by atoms with van der Waals surface area (Å²) in [6.07, 6.45) is 2.53. The fourth-order valence-electron chi connectivity index (χ4n) is 5.48. The number of nitrogens with zero attached hydrogens (tertiary/aromatic N) is 5. The van der Waals surface area contributed by atoms with Crippen LogP contribution in [0.15, 0.2) is 36.5 Å². The lowest BCUT2D eigenvalue weighted by Crippen LogP contribution is -2.47. The molecule has 0 spiro atoms. The molecule has 0 saturated carbocycles. The highest BCUT2D eigenvalue weighted by molar-refractivity contribution is 6.29. The Morgan fingerprint density at radius 1 is 1.07 bits per heavy atom. The summed E-state index contributed by atoms with van der Waals surface area (Å²) in [7, 11) is 0. The first-order chi connectivity index (χ1) is 19.1. The molecule has 3 heterocycles. The molecular weight excluding hydrogens is 542 g/mol. The van der Waals surface area contributed by atoms with Crippen molar-refractivity contribution < 1.29 is 19.1 Å². The molecule has 4 aromatic rings. The Morgan fingerprint density at radius 2 is 1.76 bits per heavy atom. The summed E-state index contributed by atoms with van der Waals surface area (Å²) in [5.74, 6) is 0.656. The molecule has 1 aliphatic rings. The van der Waals surface area contributed by atoms with Crippen molar-refractivity contribution >= 4 is 46.2 Å². The number of benzene rings is 1. The zero-order valence-corrected chi connectivity index (χ0v) is 25.7. The molecule has 1 aliphatic carbocycles. The van der Waals surface area contributed by atoms with Gasteiger partial charge in [-0.25, -0.2) is 19.1 Å². The molecule has 1 amide bonds. The van der Waals surface area contributed by atoms with Gasteiger partial charge in [0.1, 0.15) is 22.2 Å². The number of anilines is 1. The Hall–Kier alpha value is -3.59. The zero-order valence-electron chi connectivity index (χ0n) is 25.0. The van der Waals surface area contributed by atoms with Crippen molar-refractivity contribution in [2.24, 2.45) is 0 Å². The van der Waals surface area contributed by atoms with E-state index in [4.69, 9.17) is 21.1 Å². The van der Waals surface area contributed by atoms with Crippen molar-refractivity contribution in [3.05, 3.63) is 58.5 Å². The van der Waals surface area contributed by atoms with Gasteiger partial charge in [0.15, 0.2) is 5.65 Å². The number of halogens is 1. The van der Waals surface area contributed by atoms with E-state index in [1.807, 2.05) is 65.8 Å². The Kier molecular flexibility index (Phi) is 7.30. The highest BCUT2D eigenvalue weighted by Gasteiger charge is 2.37. The Labute approximate surface area is 245 Å². The third kappa shape index (κ3) is 5.64. The number of rotatable bonds is 3. The number of fused-ring (bicyclic) bond motifs is 4. The maximum Gasteiger partial charge on any atom is 0.419 e. The van der Waals surface area contributed by atoms with E-state index in [2.05, 4.69) is 23.9 Å². The lowest BCUT2D eigenvalue weighted by molar-refractivity contribution is 0.0527. The van der Waals surface area contributed by atoms with E-state index in [0.29, 0.717) is 30.7 Å². The first kappa shape index (κ1) is 28.9. The quantitative estimate of drug-likeness (QED) is 0.233. The van der Waals surface area contributed by atoms with E-state index in [0.717, 1.165) is 27.7 Å². The van der Waals surface area contributed by atoms with Crippen LogP contribution in [0.3, 0.4) is 0 Å². The molecule has 0 unspecified atom stereocenters. The average molecular weight is 580 g/mol. The molecule has 0 radical (unpaired) electrons. The van der Waals surface area contributed by atoms with Gasteiger partial charge in [0, 0.05) is 28.8 Å². The van der Waals surface area contributed by atoms with Gasteiger partial charge in [0.25, 0.3) is 0 Å². The molecule has 1 aromatic carbocycles. The Balaban J connectivity index is 1.64. The standard InChI is InChI=1S/C31H38ClN5O4/c1-18(2)22-17-33-37-26(16-25(32)34-27(22)37)35(28(38)40-30(3,4)5)19-13-14-24-21(15-19)20-11-9-10-12-23(20)36(24)29(39)41-31(6,7)8/h9-12,16-19H,13-15H2,1-8H3/t19-/m1/s1. The first-order valence-electron chi connectivity index (χ1n) is 14.1. The van der Waals surface area contributed by atoms with E-state index in [1.165, 1.54) is 0 Å². The van der Waals surface area contributed by atoms with E-state index >= 15 is 0 Å². The first-order valence-corrected chi connectivity index (χ1v) is 14.4. The van der Waals surface area contributed by atoms with E-state index in [1.54, 1.807) is 26.2 Å². The number of hydrogen-bond acceptors (Lipinski definition) is 6. The third-order valence-corrected chi connectivity index (χ3v) is 7.29. The second kappa shape index (κ2) is 10.4. The largest absolute Gasteiger partial charge is 0.443 e. The van der Waals surface area contributed by atoms with Gasteiger partial charge >= 0.3 is 12.2 Å². The number of para-hydroxylation sites is 1. The van der Waals surface area contributed by atoms with Crippen LogP contribution in [0.1, 0.15) is 84.5 Å². The highest BCUT2D eigenvalue weighted by Crippen LogP contribution is 2.37. The molecule has 3 aromatic heterocycles. The second-order valence-electron chi connectivity index (χ2n) is 12.9. The van der Waals surface area contributed by atoms with Crippen molar-refractivity contribution in [1.29, 1.82) is 0 Å². The Morgan fingerprint density at radius 3 is 2.41 bits per heavy atom. The topological polar surface area (TPSA) is 91.0 Å². The number of hydrogen-bond donors (Lipinski definition) is 0. The molecule has 0 saturated heterocycles.